The molecule has 0 aliphatic carbocycles. The molecule has 6 heteroatoms. The predicted octanol–water partition coefficient (Wildman–Crippen LogP) is 1.81. The van der Waals surface area contributed by atoms with Crippen molar-refractivity contribution in [2.45, 2.75) is 38.8 Å². The number of benzene rings is 1. The van der Waals surface area contributed by atoms with Crippen LogP contribution in [0, 0.1) is 12.8 Å². The molecule has 0 unspecified atom stereocenters. The number of likely N-dealkylation sites (tertiary alicyclic amines) is 1. The lowest BCUT2D eigenvalue weighted by atomic mass is 9.80. The van der Waals surface area contributed by atoms with Gasteiger partial charge in [0.1, 0.15) is 11.3 Å². The summed E-state index contributed by atoms with van der Waals surface area (Å²) in [6.45, 7) is 6.45. The number of methoxy groups -OCH3 is 1. The number of urea groups is 1. The number of aryl methyl sites for hydroxylation is 1. The summed E-state index contributed by atoms with van der Waals surface area (Å²) in [7, 11) is 1.69. The number of piperidine rings is 1. The molecule has 1 aromatic carbocycles. The summed E-state index contributed by atoms with van der Waals surface area (Å²) in [4.78, 5) is 26.1. The van der Waals surface area contributed by atoms with Gasteiger partial charge in [-0.25, -0.2) is 4.79 Å². The van der Waals surface area contributed by atoms with E-state index < -0.39 is 5.54 Å². The predicted molar refractivity (Wildman–Crippen MR) is 90.8 cm³/mol. The van der Waals surface area contributed by atoms with E-state index in [4.69, 9.17) is 4.74 Å². The lowest BCUT2D eigenvalue weighted by Crippen LogP contribution is -2.55. The van der Waals surface area contributed by atoms with Crippen LogP contribution >= 0.6 is 0 Å². The monoisotopic (exact) mass is 331 g/mol. The first-order valence-corrected chi connectivity index (χ1v) is 8.42. The number of imide groups is 1. The van der Waals surface area contributed by atoms with Crippen LogP contribution in [-0.2, 0) is 11.3 Å². The molecule has 2 N–H and O–H groups in total. The highest BCUT2D eigenvalue weighted by atomic mass is 16.5. The van der Waals surface area contributed by atoms with Crippen LogP contribution in [-0.4, -0.2) is 42.6 Å². The van der Waals surface area contributed by atoms with Crippen molar-refractivity contribution in [2.75, 3.05) is 20.2 Å². The highest BCUT2D eigenvalue weighted by Gasteiger charge is 2.48. The van der Waals surface area contributed by atoms with Gasteiger partial charge in [0.05, 0.1) is 7.11 Å². The highest BCUT2D eigenvalue weighted by Crippen LogP contribution is 2.31. The van der Waals surface area contributed by atoms with Crippen LogP contribution in [0.1, 0.15) is 30.9 Å². The molecule has 2 aliphatic rings. The molecule has 2 heterocycles. The van der Waals surface area contributed by atoms with Crippen LogP contribution in [0.2, 0.25) is 0 Å². The summed E-state index contributed by atoms with van der Waals surface area (Å²) < 4.78 is 5.47. The van der Waals surface area contributed by atoms with Gasteiger partial charge < -0.3 is 10.1 Å². The van der Waals surface area contributed by atoms with Gasteiger partial charge in [0.25, 0.3) is 5.91 Å². The van der Waals surface area contributed by atoms with E-state index in [1.807, 2.05) is 19.1 Å². The van der Waals surface area contributed by atoms with Gasteiger partial charge >= 0.3 is 6.03 Å². The number of ether oxygens (including phenoxy) is 1. The molecule has 130 valence electrons. The van der Waals surface area contributed by atoms with E-state index in [2.05, 4.69) is 28.5 Å². The summed E-state index contributed by atoms with van der Waals surface area (Å²) >= 11 is 0. The van der Waals surface area contributed by atoms with Crippen molar-refractivity contribution in [1.29, 1.82) is 0 Å². The lowest BCUT2D eigenvalue weighted by molar-refractivity contribution is -0.126. The maximum atomic E-state index is 12.2. The fourth-order valence-electron chi connectivity index (χ4n) is 3.79. The molecule has 0 aromatic heterocycles. The SMILES string of the molecule is COc1ccc(C)cc1CN1CCC[C@@H]([C@]2(C)NC(=O)NC2=O)C1. The first-order chi connectivity index (χ1) is 11.4. The molecule has 6 nitrogen and oxygen atoms in total. The van der Waals surface area contributed by atoms with Gasteiger partial charge in [-0.05, 0) is 39.3 Å². The Hall–Kier alpha value is -2.08. The normalized spacial score (nSPS) is 27.7. The first-order valence-electron chi connectivity index (χ1n) is 8.42. The van der Waals surface area contributed by atoms with Gasteiger partial charge in [0, 0.05) is 24.6 Å². The number of rotatable bonds is 4. The van der Waals surface area contributed by atoms with Crippen LogP contribution in [0.15, 0.2) is 18.2 Å². The molecule has 3 rings (SSSR count). The topological polar surface area (TPSA) is 70.7 Å². The second-order valence-corrected chi connectivity index (χ2v) is 7.00. The number of carbonyl (C=O) groups is 2. The van der Waals surface area contributed by atoms with Gasteiger partial charge in [0.2, 0.25) is 0 Å². The van der Waals surface area contributed by atoms with Crippen molar-refractivity contribution < 1.29 is 14.3 Å². The Morgan fingerprint density at radius 1 is 1.38 bits per heavy atom. The van der Waals surface area contributed by atoms with Gasteiger partial charge in [-0.1, -0.05) is 17.7 Å². The summed E-state index contributed by atoms with van der Waals surface area (Å²) in [6, 6.07) is 5.80. The zero-order chi connectivity index (χ0) is 17.3. The molecule has 0 saturated carbocycles. The number of nitrogens with one attached hydrogen (secondary N) is 2. The average molecular weight is 331 g/mol. The quantitative estimate of drug-likeness (QED) is 0.826. The Labute approximate surface area is 142 Å². The Kier molecular flexibility index (Phi) is 4.49. The van der Waals surface area contributed by atoms with Crippen LogP contribution < -0.4 is 15.4 Å². The Balaban J connectivity index is 1.74. The smallest absolute Gasteiger partial charge is 0.322 e. The molecular formula is C18H25N3O3. The second-order valence-electron chi connectivity index (χ2n) is 7.00. The summed E-state index contributed by atoms with van der Waals surface area (Å²) in [5, 5.41) is 5.18. The van der Waals surface area contributed by atoms with E-state index in [0.717, 1.165) is 43.8 Å². The molecule has 0 bridgehead atoms. The number of hydrogen-bond donors (Lipinski definition) is 2. The third kappa shape index (κ3) is 3.11. The van der Waals surface area contributed by atoms with E-state index in [-0.39, 0.29) is 17.9 Å². The van der Waals surface area contributed by atoms with Crippen LogP contribution in [0.4, 0.5) is 4.79 Å². The van der Waals surface area contributed by atoms with Gasteiger partial charge in [-0.2, -0.15) is 0 Å². The van der Waals surface area contributed by atoms with Gasteiger partial charge in [-0.3, -0.25) is 15.0 Å². The van der Waals surface area contributed by atoms with Crippen molar-refractivity contribution in [3.63, 3.8) is 0 Å². The van der Waals surface area contributed by atoms with Gasteiger partial charge in [0.15, 0.2) is 0 Å². The first kappa shape index (κ1) is 16.8. The molecule has 1 aromatic rings. The Bertz CT molecular complexity index is 661. The number of nitrogens with zero attached hydrogens (tertiary/aromatic N) is 1. The summed E-state index contributed by atoms with van der Waals surface area (Å²) in [5.74, 6) is 0.779. The molecule has 0 radical (unpaired) electrons. The third-order valence-corrected chi connectivity index (χ3v) is 5.22. The maximum Gasteiger partial charge on any atom is 0.322 e. The van der Waals surface area contributed by atoms with Crippen molar-refractivity contribution in [1.82, 2.24) is 15.5 Å². The zero-order valence-electron chi connectivity index (χ0n) is 14.5. The molecule has 24 heavy (non-hydrogen) atoms. The maximum absolute atomic E-state index is 12.2. The van der Waals surface area contributed by atoms with Crippen molar-refractivity contribution >= 4 is 11.9 Å². The molecule has 2 saturated heterocycles. The largest absolute Gasteiger partial charge is 0.496 e. The molecule has 2 aliphatic heterocycles. The van der Waals surface area contributed by atoms with E-state index in [1.54, 1.807) is 7.11 Å². The number of hydrogen-bond acceptors (Lipinski definition) is 4. The van der Waals surface area contributed by atoms with E-state index >= 15 is 0 Å². The standard InChI is InChI=1S/C18H25N3O3/c1-12-6-7-15(24-3)13(9-12)10-21-8-4-5-14(11-21)18(2)16(22)19-17(23)20-18/h6-7,9,14H,4-5,8,10-11H2,1-3H3,(H2,19,20,22,23)/t14-,18+/m1/s1. The summed E-state index contributed by atoms with van der Waals surface area (Å²) in [5.41, 5.74) is 1.55. The lowest BCUT2D eigenvalue weighted by Gasteiger charge is -2.39. The minimum absolute atomic E-state index is 0.105. The second kappa shape index (κ2) is 6.43. The minimum Gasteiger partial charge on any atom is -0.496 e. The third-order valence-electron chi connectivity index (χ3n) is 5.22. The van der Waals surface area contributed by atoms with Crippen molar-refractivity contribution in [3.05, 3.63) is 29.3 Å². The molecule has 2 atom stereocenters. The fraction of sp³-hybridized carbons (Fsp3) is 0.556. The van der Waals surface area contributed by atoms with E-state index in [1.165, 1.54) is 5.56 Å². The zero-order valence-corrected chi connectivity index (χ0v) is 14.5. The van der Waals surface area contributed by atoms with Crippen LogP contribution in [0.25, 0.3) is 0 Å². The van der Waals surface area contributed by atoms with E-state index in [9.17, 15) is 9.59 Å². The van der Waals surface area contributed by atoms with E-state index in [0.29, 0.717) is 0 Å². The number of amides is 3. The van der Waals surface area contributed by atoms with Crippen molar-refractivity contribution in [3.8, 4) is 5.75 Å². The number of carbonyl (C=O) groups excluding carboxylic acids is 2. The highest BCUT2D eigenvalue weighted by molar-refractivity contribution is 6.07. The van der Waals surface area contributed by atoms with Gasteiger partial charge in [-0.15, -0.1) is 0 Å². The average Bonchev–Trinajstić information content (AvgIpc) is 2.81. The van der Waals surface area contributed by atoms with Crippen LogP contribution in [0.3, 0.4) is 0 Å². The molecule has 3 amide bonds. The molecular weight excluding hydrogens is 306 g/mol. The minimum atomic E-state index is -0.813. The molecule has 2 fully saturated rings. The molecule has 0 spiro atoms. The Morgan fingerprint density at radius 2 is 2.17 bits per heavy atom. The summed E-state index contributed by atoms with van der Waals surface area (Å²) in [6.07, 6.45) is 1.95. The Morgan fingerprint density at radius 3 is 2.83 bits per heavy atom. The van der Waals surface area contributed by atoms with Crippen LogP contribution in [0.5, 0.6) is 5.75 Å². The fourth-order valence-corrected chi connectivity index (χ4v) is 3.79. The van der Waals surface area contributed by atoms with Crippen molar-refractivity contribution in [2.24, 2.45) is 5.92 Å².